The van der Waals surface area contributed by atoms with Gasteiger partial charge < -0.3 is 9.64 Å². The van der Waals surface area contributed by atoms with Crippen LogP contribution in [-0.2, 0) is 10.2 Å². The van der Waals surface area contributed by atoms with Crippen molar-refractivity contribution in [3.8, 4) is 5.75 Å². The summed E-state index contributed by atoms with van der Waals surface area (Å²) in [5.74, 6) is 1.11. The molecule has 2 heterocycles. The second kappa shape index (κ2) is 8.51. The van der Waals surface area contributed by atoms with E-state index in [4.69, 9.17) is 16.3 Å². The maximum atomic E-state index is 13.7. The predicted molar refractivity (Wildman–Crippen MR) is 124 cm³/mol. The smallest absolute Gasteiger partial charge is 0.233 e. The van der Waals surface area contributed by atoms with Crippen LogP contribution in [0.25, 0.3) is 10.9 Å². The fraction of sp³-hybridized carbons (Fsp3) is 0.385. The number of rotatable bonds is 4. The van der Waals surface area contributed by atoms with Crippen molar-refractivity contribution >= 4 is 28.4 Å². The molecular weight excluding hydrogens is 408 g/mol. The molecule has 1 amide bonds. The van der Waals surface area contributed by atoms with E-state index in [0.717, 1.165) is 73.8 Å². The summed E-state index contributed by atoms with van der Waals surface area (Å²) in [7, 11) is 0. The summed E-state index contributed by atoms with van der Waals surface area (Å²) in [5, 5.41) is 1.80. The molecule has 0 unspecified atom stereocenters. The van der Waals surface area contributed by atoms with E-state index >= 15 is 0 Å². The molecule has 1 aliphatic heterocycles. The third kappa shape index (κ3) is 3.89. The zero-order valence-corrected chi connectivity index (χ0v) is 18.4. The van der Waals surface area contributed by atoms with E-state index in [0.29, 0.717) is 5.02 Å². The average Bonchev–Trinajstić information content (AvgIpc) is 3.31. The minimum Gasteiger partial charge on any atom is -0.488 e. The lowest BCUT2D eigenvalue weighted by Crippen LogP contribution is -2.50. The molecule has 160 valence electrons. The fourth-order valence-electron chi connectivity index (χ4n) is 5.20. The first-order valence-corrected chi connectivity index (χ1v) is 11.6. The summed E-state index contributed by atoms with van der Waals surface area (Å²) in [5.41, 5.74) is 1.62. The summed E-state index contributed by atoms with van der Waals surface area (Å²) in [6.45, 7) is 1.47. The standard InChI is InChI=1S/C26H27ClN2O2/c27-21-10-8-20(9-11-21)26(14-1-2-15-26)25(30)29-17-12-22(13-18-29)31-23-7-3-5-19-6-4-16-28-24(19)23/h3-11,16,22H,1-2,12-15,17-18H2. The van der Waals surface area contributed by atoms with E-state index in [2.05, 4.69) is 9.88 Å². The lowest BCUT2D eigenvalue weighted by molar-refractivity contribution is -0.139. The molecule has 0 atom stereocenters. The lowest BCUT2D eigenvalue weighted by atomic mass is 9.77. The van der Waals surface area contributed by atoms with Crippen LogP contribution in [0.3, 0.4) is 0 Å². The first-order valence-electron chi connectivity index (χ1n) is 11.2. The molecule has 1 saturated carbocycles. The van der Waals surface area contributed by atoms with Crippen LogP contribution in [0.15, 0.2) is 60.8 Å². The maximum Gasteiger partial charge on any atom is 0.233 e. The number of aromatic nitrogens is 1. The van der Waals surface area contributed by atoms with Gasteiger partial charge in [0.25, 0.3) is 0 Å². The van der Waals surface area contributed by atoms with E-state index in [1.165, 1.54) is 0 Å². The van der Waals surface area contributed by atoms with Gasteiger partial charge in [0, 0.05) is 42.5 Å². The highest BCUT2D eigenvalue weighted by molar-refractivity contribution is 6.30. The molecule has 0 radical (unpaired) electrons. The van der Waals surface area contributed by atoms with Crippen LogP contribution >= 0.6 is 11.6 Å². The summed E-state index contributed by atoms with van der Waals surface area (Å²) >= 11 is 6.10. The molecule has 31 heavy (non-hydrogen) atoms. The molecule has 0 spiro atoms. The van der Waals surface area contributed by atoms with Crippen molar-refractivity contribution in [2.45, 2.75) is 50.0 Å². The van der Waals surface area contributed by atoms with Crippen LogP contribution in [0.4, 0.5) is 0 Å². The van der Waals surface area contributed by atoms with Gasteiger partial charge in [-0.05, 0) is 42.7 Å². The Hall–Kier alpha value is -2.59. The third-order valence-electron chi connectivity index (χ3n) is 6.88. The third-order valence-corrected chi connectivity index (χ3v) is 7.13. The van der Waals surface area contributed by atoms with Gasteiger partial charge in [-0.25, -0.2) is 0 Å². The molecule has 1 aliphatic carbocycles. The first kappa shape index (κ1) is 20.3. The lowest BCUT2D eigenvalue weighted by Gasteiger charge is -2.39. The zero-order chi connectivity index (χ0) is 21.3. The number of likely N-dealkylation sites (tertiary alicyclic amines) is 1. The second-order valence-corrected chi connectivity index (χ2v) is 9.17. The van der Waals surface area contributed by atoms with Gasteiger partial charge in [-0.1, -0.05) is 54.8 Å². The Bertz CT molecular complexity index is 1060. The summed E-state index contributed by atoms with van der Waals surface area (Å²) in [4.78, 5) is 20.2. The van der Waals surface area contributed by atoms with E-state index < -0.39 is 5.41 Å². The number of pyridine rings is 1. The number of amides is 1. The van der Waals surface area contributed by atoms with Crippen molar-refractivity contribution in [2.75, 3.05) is 13.1 Å². The number of fused-ring (bicyclic) bond motifs is 1. The number of para-hydroxylation sites is 1. The second-order valence-electron chi connectivity index (χ2n) is 8.74. The number of benzene rings is 2. The molecule has 3 aromatic rings. The number of piperidine rings is 1. The van der Waals surface area contributed by atoms with Crippen LogP contribution in [0.1, 0.15) is 44.1 Å². The van der Waals surface area contributed by atoms with Gasteiger partial charge in [0.2, 0.25) is 5.91 Å². The molecule has 0 bridgehead atoms. The summed E-state index contributed by atoms with van der Waals surface area (Å²) in [6.07, 6.45) is 7.62. The van der Waals surface area contributed by atoms with Crippen molar-refractivity contribution in [1.82, 2.24) is 9.88 Å². The minimum atomic E-state index is -0.391. The van der Waals surface area contributed by atoms with Gasteiger partial charge in [0.15, 0.2) is 0 Å². The van der Waals surface area contributed by atoms with Gasteiger partial charge in [-0.3, -0.25) is 9.78 Å². The highest BCUT2D eigenvalue weighted by Crippen LogP contribution is 2.43. The molecular formula is C26H27ClN2O2. The van der Waals surface area contributed by atoms with Gasteiger partial charge in [-0.15, -0.1) is 0 Å². The Morgan fingerprint density at radius 1 is 1.00 bits per heavy atom. The van der Waals surface area contributed by atoms with Gasteiger partial charge in [-0.2, -0.15) is 0 Å². The quantitative estimate of drug-likeness (QED) is 0.523. The number of nitrogens with zero attached hydrogens (tertiary/aromatic N) is 2. The maximum absolute atomic E-state index is 13.7. The minimum absolute atomic E-state index is 0.103. The number of ether oxygens (including phenoxy) is 1. The fourth-order valence-corrected chi connectivity index (χ4v) is 5.33. The molecule has 5 heteroatoms. The number of hydrogen-bond acceptors (Lipinski definition) is 3. The highest BCUT2D eigenvalue weighted by atomic mass is 35.5. The Morgan fingerprint density at radius 3 is 2.45 bits per heavy atom. The number of halogens is 1. The SMILES string of the molecule is O=C(N1CCC(Oc2cccc3cccnc23)CC1)C1(c2ccc(Cl)cc2)CCCC1. The van der Waals surface area contributed by atoms with Crippen LogP contribution in [0, 0.1) is 0 Å². The summed E-state index contributed by atoms with van der Waals surface area (Å²) in [6, 6.07) is 17.9. The molecule has 1 aromatic heterocycles. The van der Waals surface area contributed by atoms with Crippen LogP contribution in [0.5, 0.6) is 5.75 Å². The van der Waals surface area contributed by atoms with E-state index in [1.807, 2.05) is 54.6 Å². The Labute approximate surface area is 188 Å². The number of hydrogen-bond donors (Lipinski definition) is 0. The van der Waals surface area contributed by atoms with Crippen LogP contribution < -0.4 is 4.74 Å². The highest BCUT2D eigenvalue weighted by Gasteiger charge is 2.45. The topological polar surface area (TPSA) is 42.4 Å². The normalized spacial score (nSPS) is 18.9. The van der Waals surface area contributed by atoms with E-state index in [1.54, 1.807) is 6.20 Å². The van der Waals surface area contributed by atoms with Crippen molar-refractivity contribution in [3.05, 3.63) is 71.4 Å². The van der Waals surface area contributed by atoms with Crippen LogP contribution in [0.2, 0.25) is 5.02 Å². The molecule has 5 rings (SSSR count). The van der Waals surface area contributed by atoms with E-state index in [-0.39, 0.29) is 12.0 Å². The molecule has 2 fully saturated rings. The molecule has 2 aromatic carbocycles. The Morgan fingerprint density at radius 2 is 1.71 bits per heavy atom. The predicted octanol–water partition coefficient (Wildman–Crippen LogP) is 5.77. The van der Waals surface area contributed by atoms with Crippen LogP contribution in [-0.4, -0.2) is 35.0 Å². The monoisotopic (exact) mass is 434 g/mol. The van der Waals surface area contributed by atoms with Crippen molar-refractivity contribution in [3.63, 3.8) is 0 Å². The molecule has 0 N–H and O–H groups in total. The Balaban J connectivity index is 1.28. The molecule has 4 nitrogen and oxygen atoms in total. The first-order chi connectivity index (χ1) is 15.2. The van der Waals surface area contributed by atoms with Crippen molar-refractivity contribution in [2.24, 2.45) is 0 Å². The largest absolute Gasteiger partial charge is 0.488 e. The van der Waals surface area contributed by atoms with E-state index in [9.17, 15) is 4.79 Å². The van der Waals surface area contributed by atoms with Crippen molar-refractivity contribution < 1.29 is 9.53 Å². The summed E-state index contributed by atoms with van der Waals surface area (Å²) < 4.78 is 6.33. The van der Waals surface area contributed by atoms with Crippen molar-refractivity contribution in [1.29, 1.82) is 0 Å². The Kier molecular flexibility index (Phi) is 5.58. The molecule has 2 aliphatic rings. The average molecular weight is 435 g/mol. The van der Waals surface area contributed by atoms with Gasteiger partial charge >= 0.3 is 0 Å². The number of carbonyl (C=O) groups is 1. The zero-order valence-electron chi connectivity index (χ0n) is 17.6. The van der Waals surface area contributed by atoms with Gasteiger partial charge in [0.1, 0.15) is 17.4 Å². The van der Waals surface area contributed by atoms with Gasteiger partial charge in [0.05, 0.1) is 5.41 Å². The number of carbonyl (C=O) groups excluding carboxylic acids is 1. The molecule has 1 saturated heterocycles.